The summed E-state index contributed by atoms with van der Waals surface area (Å²) in [7, 11) is 0. The number of ether oxygens (including phenoxy) is 1. The summed E-state index contributed by atoms with van der Waals surface area (Å²) in [5, 5.41) is 0. The fourth-order valence-corrected chi connectivity index (χ4v) is 8.09. The Labute approximate surface area is 178 Å². The normalized spacial score (nSPS) is 48.8. The predicted octanol–water partition coefficient (Wildman–Crippen LogP) is 6.81. The highest BCUT2D eigenvalue weighted by Gasteiger charge is 2.54. The van der Waals surface area contributed by atoms with Gasteiger partial charge in [0.05, 0.1) is 0 Å². The van der Waals surface area contributed by atoms with Gasteiger partial charge in [0.2, 0.25) is 0 Å². The van der Waals surface area contributed by atoms with Crippen LogP contribution in [0.5, 0.6) is 0 Å². The Hall–Kier alpha value is -1.05. The topological polar surface area (TPSA) is 26.3 Å². The van der Waals surface area contributed by atoms with Crippen LogP contribution in [-0.4, -0.2) is 12.1 Å². The molecule has 3 fully saturated rings. The number of hydrogen-bond donors (Lipinski definition) is 0. The molecule has 4 rings (SSSR count). The molecule has 0 aliphatic heterocycles. The summed E-state index contributed by atoms with van der Waals surface area (Å²) in [6.45, 7) is 18.4. The smallest absolute Gasteiger partial charge is 0.302 e. The number of rotatable bonds is 2. The number of esters is 1. The Balaban J connectivity index is 1.64. The van der Waals surface area contributed by atoms with E-state index in [1.165, 1.54) is 31.3 Å². The lowest BCUT2D eigenvalue weighted by atomic mass is 9.55. The van der Waals surface area contributed by atoms with Gasteiger partial charge in [0, 0.05) is 6.92 Å². The van der Waals surface area contributed by atoms with Gasteiger partial charge >= 0.3 is 5.97 Å². The fraction of sp³-hybridized carbons (Fsp3) is 0.815. The lowest BCUT2D eigenvalue weighted by molar-refractivity contribution is -0.148. The molecule has 0 aromatic heterocycles. The van der Waals surface area contributed by atoms with Gasteiger partial charge in [-0.05, 0) is 98.2 Å². The third-order valence-electron chi connectivity index (χ3n) is 9.83. The first kappa shape index (κ1) is 21.2. The lowest BCUT2D eigenvalue weighted by Crippen LogP contribution is -2.41. The lowest BCUT2D eigenvalue weighted by Gasteiger charge is -2.50. The quantitative estimate of drug-likeness (QED) is 0.377. The zero-order valence-electron chi connectivity index (χ0n) is 19.5. The van der Waals surface area contributed by atoms with Gasteiger partial charge in [0.1, 0.15) is 6.10 Å². The standard InChI is InChI=1S/C27H42O2/c1-15(2)20-10-11-27(7)14-24-16(3)8-9-21-18(5)26(29-19(6)28)13-23(21)17(4)22(24)12-25(20)27/h8,15,18,20-26H,4,9-14H2,1-3,5-7H3/b16-8-/t18-,20-,21+,22-,23+,24+,25-,26-,27+/m0/s1. The van der Waals surface area contributed by atoms with E-state index in [0.29, 0.717) is 35.0 Å². The van der Waals surface area contributed by atoms with Crippen LogP contribution in [0.25, 0.3) is 0 Å². The Morgan fingerprint density at radius 1 is 1.24 bits per heavy atom. The third kappa shape index (κ3) is 3.53. The Morgan fingerprint density at radius 2 is 1.97 bits per heavy atom. The van der Waals surface area contributed by atoms with E-state index in [0.717, 1.165) is 30.6 Å². The molecule has 2 nitrogen and oxygen atoms in total. The van der Waals surface area contributed by atoms with E-state index >= 15 is 0 Å². The third-order valence-corrected chi connectivity index (χ3v) is 9.83. The molecule has 29 heavy (non-hydrogen) atoms. The van der Waals surface area contributed by atoms with Gasteiger partial charge in [-0.15, -0.1) is 0 Å². The van der Waals surface area contributed by atoms with E-state index < -0.39 is 0 Å². The van der Waals surface area contributed by atoms with Crippen molar-refractivity contribution in [3.8, 4) is 0 Å². The Bertz CT molecular complexity index is 703. The molecule has 0 unspecified atom stereocenters. The van der Waals surface area contributed by atoms with Gasteiger partial charge in [-0.25, -0.2) is 0 Å². The minimum absolute atomic E-state index is 0.0632. The molecular weight excluding hydrogens is 356 g/mol. The maximum atomic E-state index is 11.7. The molecule has 0 N–H and O–H groups in total. The van der Waals surface area contributed by atoms with Crippen LogP contribution >= 0.6 is 0 Å². The summed E-state index contributed by atoms with van der Waals surface area (Å²) in [5.41, 5.74) is 3.60. The summed E-state index contributed by atoms with van der Waals surface area (Å²) in [6.07, 6.45) is 10.2. The first-order chi connectivity index (χ1) is 13.6. The predicted molar refractivity (Wildman–Crippen MR) is 119 cm³/mol. The molecule has 3 saturated carbocycles. The van der Waals surface area contributed by atoms with Crippen LogP contribution in [0, 0.1) is 52.8 Å². The summed E-state index contributed by atoms with van der Waals surface area (Å²) in [6, 6.07) is 0. The van der Waals surface area contributed by atoms with Gasteiger partial charge in [-0.2, -0.15) is 0 Å². The maximum absolute atomic E-state index is 11.7. The van der Waals surface area contributed by atoms with Crippen LogP contribution in [0.15, 0.2) is 23.8 Å². The molecule has 0 aromatic carbocycles. The number of fused-ring (bicyclic) bond motifs is 3. The molecule has 0 radical (unpaired) electrons. The van der Waals surface area contributed by atoms with Crippen LogP contribution in [-0.2, 0) is 9.53 Å². The Kier molecular flexibility index (Phi) is 5.53. The minimum atomic E-state index is -0.134. The zero-order valence-corrected chi connectivity index (χ0v) is 19.5. The van der Waals surface area contributed by atoms with E-state index in [4.69, 9.17) is 11.3 Å². The van der Waals surface area contributed by atoms with Gasteiger partial charge in [-0.1, -0.05) is 51.5 Å². The zero-order chi connectivity index (χ0) is 21.1. The van der Waals surface area contributed by atoms with E-state index in [1.54, 1.807) is 12.5 Å². The molecule has 162 valence electrons. The highest BCUT2D eigenvalue weighted by molar-refractivity contribution is 5.66. The van der Waals surface area contributed by atoms with Gasteiger partial charge in [-0.3, -0.25) is 4.79 Å². The number of carbonyl (C=O) groups excluding carboxylic acids is 1. The number of hydrogen-bond acceptors (Lipinski definition) is 2. The van der Waals surface area contributed by atoms with Crippen molar-refractivity contribution in [3.63, 3.8) is 0 Å². The van der Waals surface area contributed by atoms with Crippen LogP contribution in [0.4, 0.5) is 0 Å². The molecule has 0 bridgehead atoms. The second kappa shape index (κ2) is 7.57. The van der Waals surface area contributed by atoms with Crippen molar-refractivity contribution < 1.29 is 9.53 Å². The van der Waals surface area contributed by atoms with Crippen molar-refractivity contribution in [1.29, 1.82) is 0 Å². The molecular formula is C27H42O2. The molecule has 0 saturated heterocycles. The van der Waals surface area contributed by atoms with Crippen molar-refractivity contribution in [2.24, 2.45) is 52.8 Å². The second-order valence-corrected chi connectivity index (χ2v) is 11.6. The number of allylic oxidation sites excluding steroid dienone is 3. The largest absolute Gasteiger partial charge is 0.462 e. The van der Waals surface area contributed by atoms with E-state index in [-0.39, 0.29) is 12.1 Å². The summed E-state index contributed by atoms with van der Waals surface area (Å²) < 4.78 is 5.74. The molecule has 0 spiro atoms. The highest BCUT2D eigenvalue weighted by Crippen LogP contribution is 2.63. The molecule has 0 aromatic rings. The first-order valence-corrected chi connectivity index (χ1v) is 12.1. The Morgan fingerprint density at radius 3 is 2.62 bits per heavy atom. The van der Waals surface area contributed by atoms with Crippen molar-refractivity contribution in [3.05, 3.63) is 23.8 Å². The molecule has 4 aliphatic rings. The average Bonchev–Trinajstić information content (AvgIpc) is 3.14. The van der Waals surface area contributed by atoms with Crippen LogP contribution in [0.1, 0.15) is 80.1 Å². The SMILES string of the molecule is C=C1[C@H]2C[C@H](OC(C)=O)[C@@H](C)[C@H]2C/C=C(/C)[C@H]2C[C@@]3(C)CC[C@@H](C(C)C)[C@@H]3C[C@@H]12. The molecule has 0 heterocycles. The van der Waals surface area contributed by atoms with Crippen molar-refractivity contribution in [1.82, 2.24) is 0 Å². The molecule has 2 heteroatoms. The average molecular weight is 399 g/mol. The van der Waals surface area contributed by atoms with E-state index in [9.17, 15) is 4.79 Å². The summed E-state index contributed by atoms with van der Waals surface area (Å²) in [5.74, 6) is 5.14. The number of carbonyl (C=O) groups is 1. The molecule has 0 amide bonds. The van der Waals surface area contributed by atoms with Crippen molar-refractivity contribution in [2.75, 3.05) is 0 Å². The van der Waals surface area contributed by atoms with Gasteiger partial charge < -0.3 is 4.74 Å². The van der Waals surface area contributed by atoms with Gasteiger partial charge in [0.15, 0.2) is 0 Å². The molecule has 9 atom stereocenters. The molecule has 4 aliphatic carbocycles. The van der Waals surface area contributed by atoms with E-state index in [1.807, 2.05) is 0 Å². The highest BCUT2D eigenvalue weighted by atomic mass is 16.5. The fourth-order valence-electron chi connectivity index (χ4n) is 8.09. The minimum Gasteiger partial charge on any atom is -0.462 e. The van der Waals surface area contributed by atoms with E-state index in [2.05, 4.69) is 40.7 Å². The van der Waals surface area contributed by atoms with Crippen molar-refractivity contribution in [2.45, 2.75) is 86.2 Å². The van der Waals surface area contributed by atoms with Crippen LogP contribution in [0.3, 0.4) is 0 Å². The van der Waals surface area contributed by atoms with Crippen LogP contribution in [0.2, 0.25) is 0 Å². The van der Waals surface area contributed by atoms with Gasteiger partial charge in [0.25, 0.3) is 0 Å². The first-order valence-electron chi connectivity index (χ1n) is 12.1. The monoisotopic (exact) mass is 398 g/mol. The summed E-state index contributed by atoms with van der Waals surface area (Å²) in [4.78, 5) is 11.7. The maximum Gasteiger partial charge on any atom is 0.302 e. The second-order valence-electron chi connectivity index (χ2n) is 11.6. The van der Waals surface area contributed by atoms with Crippen LogP contribution < -0.4 is 0 Å². The van der Waals surface area contributed by atoms with Crippen molar-refractivity contribution >= 4 is 5.97 Å². The summed E-state index contributed by atoms with van der Waals surface area (Å²) >= 11 is 0.